The molecule has 0 bridgehead atoms. The third-order valence-electron chi connectivity index (χ3n) is 3.02. The molecule has 2 rings (SSSR count). The van der Waals surface area contributed by atoms with Gasteiger partial charge in [-0.25, -0.2) is 9.97 Å². The van der Waals surface area contributed by atoms with E-state index in [1.54, 1.807) is 11.8 Å². The van der Waals surface area contributed by atoms with Gasteiger partial charge in [0.25, 0.3) is 5.95 Å². The fourth-order valence-corrected chi connectivity index (χ4v) is 1.73. The van der Waals surface area contributed by atoms with Crippen LogP contribution in [0.4, 0.5) is 0 Å². The van der Waals surface area contributed by atoms with Gasteiger partial charge in [0.1, 0.15) is 5.82 Å². The SMILES string of the molecule is COc1nc(-n2nc(C(C)C)nc2C)nc(C)c1C. The first kappa shape index (κ1) is 13.5. The lowest BCUT2D eigenvalue weighted by Gasteiger charge is -2.09. The predicted octanol–water partition coefficient (Wildman–Crippen LogP) is 2.11. The molecule has 0 aromatic carbocycles. The van der Waals surface area contributed by atoms with Crippen LogP contribution in [0.2, 0.25) is 0 Å². The van der Waals surface area contributed by atoms with Crippen molar-refractivity contribution in [2.75, 3.05) is 7.11 Å². The van der Waals surface area contributed by atoms with Crippen LogP contribution >= 0.6 is 0 Å². The lowest BCUT2D eigenvalue weighted by molar-refractivity contribution is 0.391. The molecule has 2 aromatic rings. The topological polar surface area (TPSA) is 65.7 Å². The van der Waals surface area contributed by atoms with Crippen molar-refractivity contribution in [2.24, 2.45) is 0 Å². The van der Waals surface area contributed by atoms with Crippen LogP contribution in [0, 0.1) is 20.8 Å². The maximum absolute atomic E-state index is 5.27. The van der Waals surface area contributed by atoms with Gasteiger partial charge in [-0.3, -0.25) is 0 Å². The van der Waals surface area contributed by atoms with E-state index in [2.05, 4.69) is 33.9 Å². The van der Waals surface area contributed by atoms with Crippen LogP contribution in [0.3, 0.4) is 0 Å². The highest BCUT2D eigenvalue weighted by atomic mass is 16.5. The van der Waals surface area contributed by atoms with E-state index < -0.39 is 0 Å². The summed E-state index contributed by atoms with van der Waals surface area (Å²) in [5.74, 6) is 2.90. The molecule has 2 aromatic heterocycles. The molecule has 102 valence electrons. The number of methoxy groups -OCH3 is 1. The minimum absolute atomic E-state index is 0.272. The molecule has 0 amide bonds. The largest absolute Gasteiger partial charge is 0.481 e. The molecular formula is C13H19N5O. The third-order valence-corrected chi connectivity index (χ3v) is 3.02. The van der Waals surface area contributed by atoms with Crippen LogP contribution in [-0.2, 0) is 0 Å². The molecule has 0 unspecified atom stereocenters. The van der Waals surface area contributed by atoms with Crippen molar-refractivity contribution in [3.63, 3.8) is 0 Å². The van der Waals surface area contributed by atoms with Gasteiger partial charge in [0, 0.05) is 17.2 Å². The van der Waals surface area contributed by atoms with Crippen LogP contribution in [0.25, 0.3) is 5.95 Å². The summed E-state index contributed by atoms with van der Waals surface area (Å²) in [6, 6.07) is 0. The number of ether oxygens (including phenoxy) is 1. The molecule has 0 atom stereocenters. The highest BCUT2D eigenvalue weighted by Crippen LogP contribution is 2.19. The van der Waals surface area contributed by atoms with Crippen molar-refractivity contribution < 1.29 is 4.74 Å². The Labute approximate surface area is 112 Å². The Kier molecular flexibility index (Phi) is 3.50. The molecule has 0 saturated carbocycles. The molecule has 0 aliphatic rings. The van der Waals surface area contributed by atoms with E-state index in [0.29, 0.717) is 11.8 Å². The summed E-state index contributed by atoms with van der Waals surface area (Å²) in [4.78, 5) is 13.3. The fourth-order valence-electron chi connectivity index (χ4n) is 1.73. The first-order valence-corrected chi connectivity index (χ1v) is 6.27. The summed E-state index contributed by atoms with van der Waals surface area (Å²) in [6.07, 6.45) is 0. The molecule has 6 heteroatoms. The van der Waals surface area contributed by atoms with Crippen molar-refractivity contribution in [1.29, 1.82) is 0 Å². The maximum Gasteiger partial charge on any atom is 0.255 e. The minimum atomic E-state index is 0.272. The van der Waals surface area contributed by atoms with E-state index in [-0.39, 0.29) is 5.92 Å². The molecule has 0 radical (unpaired) electrons. The average molecular weight is 261 g/mol. The van der Waals surface area contributed by atoms with Gasteiger partial charge in [-0.05, 0) is 20.8 Å². The highest BCUT2D eigenvalue weighted by molar-refractivity contribution is 5.32. The molecule has 2 heterocycles. The molecule has 0 aliphatic heterocycles. The first-order chi connectivity index (χ1) is 8.93. The molecule has 0 aliphatic carbocycles. The molecule has 0 spiro atoms. The van der Waals surface area contributed by atoms with Crippen molar-refractivity contribution in [3.8, 4) is 11.8 Å². The zero-order valence-electron chi connectivity index (χ0n) is 12.2. The number of hydrogen-bond acceptors (Lipinski definition) is 5. The monoisotopic (exact) mass is 261 g/mol. The van der Waals surface area contributed by atoms with Gasteiger partial charge in [-0.15, -0.1) is 5.10 Å². The second kappa shape index (κ2) is 4.95. The smallest absolute Gasteiger partial charge is 0.255 e. The van der Waals surface area contributed by atoms with Crippen LogP contribution in [0.1, 0.15) is 42.7 Å². The van der Waals surface area contributed by atoms with E-state index in [1.165, 1.54) is 0 Å². The Morgan fingerprint density at radius 1 is 1.05 bits per heavy atom. The van der Waals surface area contributed by atoms with Gasteiger partial charge in [0.2, 0.25) is 5.88 Å². The third kappa shape index (κ3) is 2.43. The standard InChI is InChI=1S/C13H19N5O/c1-7(2)11-15-10(5)18(17-11)13-14-9(4)8(3)12(16-13)19-6/h7H,1-6H3. The minimum Gasteiger partial charge on any atom is -0.481 e. The molecule has 0 N–H and O–H groups in total. The zero-order chi connectivity index (χ0) is 14.2. The Bertz CT molecular complexity index is 603. The normalized spacial score (nSPS) is 11.1. The molecule has 0 fully saturated rings. The molecular weight excluding hydrogens is 242 g/mol. The van der Waals surface area contributed by atoms with Crippen molar-refractivity contribution in [2.45, 2.75) is 40.5 Å². The quantitative estimate of drug-likeness (QED) is 0.846. The summed E-state index contributed by atoms with van der Waals surface area (Å²) >= 11 is 0. The Hall–Kier alpha value is -1.98. The Balaban J connectivity index is 2.56. The van der Waals surface area contributed by atoms with E-state index in [4.69, 9.17) is 4.74 Å². The number of aryl methyl sites for hydroxylation is 2. The van der Waals surface area contributed by atoms with E-state index in [9.17, 15) is 0 Å². The molecule has 6 nitrogen and oxygen atoms in total. The van der Waals surface area contributed by atoms with Gasteiger partial charge in [0.05, 0.1) is 7.11 Å². The van der Waals surface area contributed by atoms with Crippen molar-refractivity contribution >= 4 is 0 Å². The Morgan fingerprint density at radius 3 is 2.26 bits per heavy atom. The summed E-state index contributed by atoms with van der Waals surface area (Å²) in [7, 11) is 1.60. The van der Waals surface area contributed by atoms with Crippen LogP contribution in [0.5, 0.6) is 5.88 Å². The average Bonchev–Trinajstić information content (AvgIpc) is 2.75. The number of hydrogen-bond donors (Lipinski definition) is 0. The number of aromatic nitrogens is 5. The van der Waals surface area contributed by atoms with Gasteiger partial charge < -0.3 is 4.74 Å². The van der Waals surface area contributed by atoms with Crippen LogP contribution in [-0.4, -0.2) is 31.8 Å². The molecule has 0 saturated heterocycles. The molecule has 19 heavy (non-hydrogen) atoms. The lowest BCUT2D eigenvalue weighted by Crippen LogP contribution is -2.09. The fraction of sp³-hybridized carbons (Fsp3) is 0.538. The van der Waals surface area contributed by atoms with Crippen LogP contribution < -0.4 is 4.74 Å². The van der Waals surface area contributed by atoms with E-state index in [0.717, 1.165) is 22.9 Å². The zero-order valence-corrected chi connectivity index (χ0v) is 12.2. The van der Waals surface area contributed by atoms with Gasteiger partial charge in [0.15, 0.2) is 5.82 Å². The second-order valence-corrected chi connectivity index (χ2v) is 4.83. The van der Waals surface area contributed by atoms with E-state index >= 15 is 0 Å². The maximum atomic E-state index is 5.27. The lowest BCUT2D eigenvalue weighted by atomic mass is 10.2. The number of nitrogens with zero attached hydrogens (tertiary/aromatic N) is 5. The van der Waals surface area contributed by atoms with Crippen LogP contribution in [0.15, 0.2) is 0 Å². The Morgan fingerprint density at radius 2 is 1.74 bits per heavy atom. The first-order valence-electron chi connectivity index (χ1n) is 6.27. The second-order valence-electron chi connectivity index (χ2n) is 4.83. The van der Waals surface area contributed by atoms with Gasteiger partial charge in [-0.1, -0.05) is 13.8 Å². The summed E-state index contributed by atoms with van der Waals surface area (Å²) in [6.45, 7) is 9.87. The predicted molar refractivity (Wildman–Crippen MR) is 71.8 cm³/mol. The van der Waals surface area contributed by atoms with Gasteiger partial charge >= 0.3 is 0 Å². The summed E-state index contributed by atoms with van der Waals surface area (Å²) in [5.41, 5.74) is 1.82. The summed E-state index contributed by atoms with van der Waals surface area (Å²) in [5, 5.41) is 4.45. The van der Waals surface area contributed by atoms with Crippen molar-refractivity contribution in [3.05, 3.63) is 22.9 Å². The summed E-state index contributed by atoms with van der Waals surface area (Å²) < 4.78 is 6.93. The van der Waals surface area contributed by atoms with Crippen molar-refractivity contribution in [1.82, 2.24) is 24.7 Å². The van der Waals surface area contributed by atoms with E-state index in [1.807, 2.05) is 20.8 Å². The number of rotatable bonds is 3. The highest BCUT2D eigenvalue weighted by Gasteiger charge is 2.15. The van der Waals surface area contributed by atoms with Gasteiger partial charge in [-0.2, -0.15) is 9.67 Å².